The fourth-order valence-corrected chi connectivity index (χ4v) is 4.43. The lowest BCUT2D eigenvalue weighted by Crippen LogP contribution is -2.42. The van der Waals surface area contributed by atoms with Gasteiger partial charge in [-0.25, -0.2) is 23.5 Å². The molecule has 4 rings (SSSR count). The summed E-state index contributed by atoms with van der Waals surface area (Å²) in [6.45, 7) is -3.21. The van der Waals surface area contributed by atoms with E-state index >= 15 is 0 Å². The lowest BCUT2D eigenvalue weighted by Gasteiger charge is -2.28. The number of nitrogens with one attached hydrogen (secondary N) is 1. The Morgan fingerprint density at radius 1 is 1.22 bits per heavy atom. The largest absolute Gasteiger partial charge is 0.481 e. The van der Waals surface area contributed by atoms with Crippen molar-refractivity contribution in [1.82, 2.24) is 19.8 Å². The van der Waals surface area contributed by atoms with E-state index in [2.05, 4.69) is 20.0 Å². The van der Waals surface area contributed by atoms with Crippen molar-refractivity contribution in [2.75, 3.05) is 31.5 Å². The number of alkyl halides is 4. The van der Waals surface area contributed by atoms with Gasteiger partial charge in [0.2, 0.25) is 5.88 Å². The molecule has 9 nitrogen and oxygen atoms in total. The van der Waals surface area contributed by atoms with Gasteiger partial charge in [0.05, 0.1) is 25.4 Å². The second-order valence-corrected chi connectivity index (χ2v) is 8.69. The zero-order valence-corrected chi connectivity index (χ0v) is 19.2. The summed E-state index contributed by atoms with van der Waals surface area (Å²) >= 11 is 0. The number of carboxylic acids is 1. The number of carbonyl (C=O) groups is 2. The molecule has 2 aromatic rings. The summed E-state index contributed by atoms with van der Waals surface area (Å²) in [5.74, 6) is -4.26. The fraction of sp³-hybridized carbons (Fsp3) is 0.478. The first kappa shape index (κ1) is 25.5. The third-order valence-electron chi connectivity index (χ3n) is 6.04. The molecule has 1 saturated heterocycles. The highest BCUT2D eigenvalue weighted by Gasteiger charge is 2.41. The fourth-order valence-electron chi connectivity index (χ4n) is 4.43. The van der Waals surface area contributed by atoms with Gasteiger partial charge in [-0.1, -0.05) is 12.1 Å². The summed E-state index contributed by atoms with van der Waals surface area (Å²) in [5.41, 5.74) is 1.44. The first-order chi connectivity index (χ1) is 17.1. The van der Waals surface area contributed by atoms with Crippen LogP contribution in [0.1, 0.15) is 35.7 Å². The van der Waals surface area contributed by atoms with Gasteiger partial charge in [-0.3, -0.25) is 4.79 Å². The van der Waals surface area contributed by atoms with Crippen molar-refractivity contribution in [3.8, 4) is 5.88 Å². The SMILES string of the molecule is O=C(O)CC(c1ccc(OC(F)F)nc1)N1CCN(CC(F)(F)Cc2ccc3c(n2)NCCC3)C1=O. The van der Waals surface area contributed by atoms with Gasteiger partial charge >= 0.3 is 18.6 Å². The third-order valence-corrected chi connectivity index (χ3v) is 6.04. The molecule has 13 heteroatoms. The monoisotopic (exact) mass is 511 g/mol. The average molecular weight is 511 g/mol. The van der Waals surface area contributed by atoms with Gasteiger partial charge in [0, 0.05) is 37.6 Å². The van der Waals surface area contributed by atoms with Crippen molar-refractivity contribution >= 4 is 17.8 Å². The molecule has 194 valence electrons. The van der Waals surface area contributed by atoms with Gasteiger partial charge in [0.1, 0.15) is 5.82 Å². The Morgan fingerprint density at radius 3 is 2.72 bits per heavy atom. The van der Waals surface area contributed by atoms with Crippen LogP contribution in [0, 0.1) is 0 Å². The van der Waals surface area contributed by atoms with Gasteiger partial charge in [-0.2, -0.15) is 8.78 Å². The van der Waals surface area contributed by atoms with Crippen LogP contribution in [0.2, 0.25) is 0 Å². The summed E-state index contributed by atoms with van der Waals surface area (Å²) in [6.07, 6.45) is 1.74. The number of fused-ring (bicyclic) bond motifs is 1. The predicted molar refractivity (Wildman–Crippen MR) is 119 cm³/mol. The molecule has 2 aliphatic rings. The second kappa shape index (κ2) is 10.5. The Morgan fingerprint density at radius 2 is 2.03 bits per heavy atom. The van der Waals surface area contributed by atoms with E-state index in [1.165, 1.54) is 11.0 Å². The average Bonchev–Trinajstić information content (AvgIpc) is 3.16. The Kier molecular flexibility index (Phi) is 7.45. The molecule has 2 N–H and O–H groups in total. The van der Waals surface area contributed by atoms with Crippen LogP contribution in [0.25, 0.3) is 0 Å². The minimum absolute atomic E-state index is 0.0170. The van der Waals surface area contributed by atoms with Crippen LogP contribution in [0.5, 0.6) is 5.88 Å². The van der Waals surface area contributed by atoms with Crippen molar-refractivity contribution in [2.24, 2.45) is 0 Å². The van der Waals surface area contributed by atoms with Crippen LogP contribution < -0.4 is 10.1 Å². The van der Waals surface area contributed by atoms with Gasteiger partial charge < -0.3 is 25.0 Å². The van der Waals surface area contributed by atoms with E-state index < -0.39 is 50.0 Å². The normalized spacial score (nSPS) is 16.6. The zero-order chi connectivity index (χ0) is 25.9. The van der Waals surface area contributed by atoms with Crippen molar-refractivity contribution < 1.29 is 37.0 Å². The molecule has 1 fully saturated rings. The number of halogens is 4. The van der Waals surface area contributed by atoms with Crippen LogP contribution in [-0.4, -0.2) is 75.6 Å². The zero-order valence-electron chi connectivity index (χ0n) is 19.2. The summed E-state index contributed by atoms with van der Waals surface area (Å²) in [5, 5.41) is 12.4. The molecule has 2 aromatic heterocycles. The summed E-state index contributed by atoms with van der Waals surface area (Å²) in [7, 11) is 0. The number of amides is 2. The number of hydrogen-bond acceptors (Lipinski definition) is 6. The van der Waals surface area contributed by atoms with Gasteiger partial charge in [-0.15, -0.1) is 0 Å². The standard InChI is InChI=1S/C23H25F4N5O4/c24-21(25)36-18-6-4-15(12-29-18)17(10-19(33)34)32-9-8-31(22(32)35)13-23(26,27)11-16-5-3-14-2-1-7-28-20(14)30-16/h3-6,12,17,21H,1-2,7-11,13H2,(H,28,30)(H,33,34). The number of rotatable bonds is 10. The van der Waals surface area contributed by atoms with E-state index in [0.717, 1.165) is 42.1 Å². The van der Waals surface area contributed by atoms with E-state index in [1.807, 2.05) is 0 Å². The molecule has 2 amide bonds. The maximum atomic E-state index is 14.9. The van der Waals surface area contributed by atoms with Crippen molar-refractivity contribution in [1.29, 1.82) is 0 Å². The number of pyridine rings is 2. The number of aromatic nitrogens is 2. The molecule has 0 radical (unpaired) electrons. The van der Waals surface area contributed by atoms with Crippen molar-refractivity contribution in [3.63, 3.8) is 0 Å². The number of aliphatic carboxylic acids is 1. The number of carboxylic acid groups (broad SMARTS) is 1. The van der Waals surface area contributed by atoms with E-state index in [9.17, 15) is 32.3 Å². The maximum absolute atomic E-state index is 14.9. The molecule has 1 unspecified atom stereocenters. The molecule has 0 bridgehead atoms. The van der Waals surface area contributed by atoms with Crippen molar-refractivity contribution in [2.45, 2.75) is 44.3 Å². The van der Waals surface area contributed by atoms with Gasteiger partial charge in [0.15, 0.2) is 0 Å². The summed E-state index contributed by atoms with van der Waals surface area (Å²) in [4.78, 5) is 34.6. The summed E-state index contributed by atoms with van der Waals surface area (Å²) < 4.78 is 58.8. The van der Waals surface area contributed by atoms with Gasteiger partial charge in [0.25, 0.3) is 5.92 Å². The van der Waals surface area contributed by atoms with Crippen LogP contribution in [0.4, 0.5) is 28.2 Å². The lowest BCUT2D eigenvalue weighted by molar-refractivity contribution is -0.138. The molecule has 36 heavy (non-hydrogen) atoms. The molecular formula is C23H25F4N5O4. The molecule has 1 atom stereocenters. The lowest BCUT2D eigenvalue weighted by atomic mass is 10.0. The molecule has 0 spiro atoms. The second-order valence-electron chi connectivity index (χ2n) is 8.69. The number of aryl methyl sites for hydroxylation is 1. The first-order valence-corrected chi connectivity index (χ1v) is 11.4. The van der Waals surface area contributed by atoms with Crippen LogP contribution in [-0.2, 0) is 17.6 Å². The van der Waals surface area contributed by atoms with Crippen LogP contribution in [0.3, 0.4) is 0 Å². The topological polar surface area (TPSA) is 108 Å². The van der Waals surface area contributed by atoms with E-state index in [0.29, 0.717) is 5.82 Å². The van der Waals surface area contributed by atoms with E-state index in [1.54, 1.807) is 12.1 Å². The molecule has 0 aromatic carbocycles. The minimum atomic E-state index is -3.26. The quantitative estimate of drug-likeness (QED) is 0.470. The highest BCUT2D eigenvalue weighted by molar-refractivity contribution is 5.78. The van der Waals surface area contributed by atoms with E-state index in [4.69, 9.17) is 0 Å². The van der Waals surface area contributed by atoms with Gasteiger partial charge in [-0.05, 0) is 30.0 Å². The Bertz CT molecular complexity index is 1100. The molecule has 0 saturated carbocycles. The smallest absolute Gasteiger partial charge is 0.388 e. The maximum Gasteiger partial charge on any atom is 0.388 e. The number of hydrogen-bond donors (Lipinski definition) is 2. The Balaban J connectivity index is 1.44. The highest BCUT2D eigenvalue weighted by atomic mass is 19.3. The summed E-state index contributed by atoms with van der Waals surface area (Å²) in [6, 6.07) is 4.03. The molecule has 4 heterocycles. The number of carbonyl (C=O) groups excluding carboxylic acids is 1. The number of ether oxygens (including phenoxy) is 1. The first-order valence-electron chi connectivity index (χ1n) is 11.4. The Labute approximate surface area is 204 Å². The predicted octanol–water partition coefficient (Wildman–Crippen LogP) is 3.57. The molecular weight excluding hydrogens is 486 g/mol. The highest BCUT2D eigenvalue weighted by Crippen LogP contribution is 2.31. The van der Waals surface area contributed by atoms with Crippen molar-refractivity contribution in [3.05, 3.63) is 47.3 Å². The third kappa shape index (κ3) is 6.13. The number of nitrogens with zero attached hydrogens (tertiary/aromatic N) is 4. The minimum Gasteiger partial charge on any atom is -0.481 e. The number of urea groups is 1. The Hall–Kier alpha value is -3.64. The van der Waals surface area contributed by atoms with Crippen LogP contribution in [0.15, 0.2) is 30.5 Å². The number of anilines is 1. The molecule has 0 aliphatic carbocycles. The van der Waals surface area contributed by atoms with E-state index in [-0.39, 0.29) is 30.2 Å². The van der Waals surface area contributed by atoms with Crippen LogP contribution >= 0.6 is 0 Å². The molecule has 2 aliphatic heterocycles.